The maximum Gasteiger partial charge on any atom is 0.262 e. The lowest BCUT2D eigenvalue weighted by atomic mass is 10.2. The second kappa shape index (κ2) is 4.97. The van der Waals surface area contributed by atoms with Gasteiger partial charge in [-0.3, -0.25) is 9.59 Å². The van der Waals surface area contributed by atoms with Gasteiger partial charge in [-0.15, -0.1) is 0 Å². The molecule has 0 saturated heterocycles. The van der Waals surface area contributed by atoms with Crippen molar-refractivity contribution in [1.29, 1.82) is 0 Å². The van der Waals surface area contributed by atoms with Gasteiger partial charge in [-0.1, -0.05) is 5.16 Å². The Hall–Kier alpha value is -2.57. The molecule has 1 amide bonds. The molecular weight excluding hydrogens is 250 g/mol. The molecule has 7 heteroatoms. The number of anilines is 1. The first kappa shape index (κ1) is 12.9. The van der Waals surface area contributed by atoms with Gasteiger partial charge in [0.05, 0.1) is 12.7 Å². The van der Waals surface area contributed by atoms with Crippen molar-refractivity contribution in [2.75, 3.05) is 12.4 Å². The molecule has 7 nitrogen and oxygen atoms in total. The van der Waals surface area contributed by atoms with Crippen LogP contribution in [0.2, 0.25) is 0 Å². The van der Waals surface area contributed by atoms with Crippen molar-refractivity contribution < 1.29 is 14.1 Å². The third-order valence-electron chi connectivity index (χ3n) is 2.52. The van der Waals surface area contributed by atoms with Crippen LogP contribution in [0, 0.1) is 6.92 Å². The largest absolute Gasteiger partial charge is 0.496 e. The van der Waals surface area contributed by atoms with Crippen molar-refractivity contribution in [2.24, 2.45) is 7.05 Å². The van der Waals surface area contributed by atoms with Gasteiger partial charge in [0.25, 0.3) is 11.5 Å². The smallest absolute Gasteiger partial charge is 0.262 e. The molecule has 1 N–H and O–H groups in total. The Morgan fingerprint density at radius 1 is 1.47 bits per heavy atom. The minimum atomic E-state index is -0.430. The third-order valence-corrected chi connectivity index (χ3v) is 2.52. The average molecular weight is 263 g/mol. The topological polar surface area (TPSA) is 86.4 Å². The standard InChI is InChI=1S/C12H13N3O4/c1-7-4-10(14-19-7)13-12(17)8-6-15(2)11(16)5-9(8)18-3/h4-6H,1-3H3,(H,13,14,17). The summed E-state index contributed by atoms with van der Waals surface area (Å²) in [6.45, 7) is 1.72. The maximum absolute atomic E-state index is 12.1. The van der Waals surface area contributed by atoms with Gasteiger partial charge in [-0.2, -0.15) is 0 Å². The fourth-order valence-corrected chi connectivity index (χ4v) is 1.56. The Labute approximate surface area is 108 Å². The van der Waals surface area contributed by atoms with Gasteiger partial charge in [0.15, 0.2) is 5.82 Å². The fourth-order valence-electron chi connectivity index (χ4n) is 1.56. The van der Waals surface area contributed by atoms with Crippen molar-refractivity contribution >= 4 is 11.7 Å². The Morgan fingerprint density at radius 2 is 2.21 bits per heavy atom. The first-order valence-electron chi connectivity index (χ1n) is 5.50. The van der Waals surface area contributed by atoms with E-state index in [1.165, 1.54) is 23.9 Å². The number of rotatable bonds is 3. The maximum atomic E-state index is 12.1. The van der Waals surface area contributed by atoms with Crippen LogP contribution in [-0.2, 0) is 7.05 Å². The average Bonchev–Trinajstić information content (AvgIpc) is 2.77. The highest BCUT2D eigenvalue weighted by Gasteiger charge is 2.15. The zero-order valence-corrected chi connectivity index (χ0v) is 10.8. The molecule has 0 saturated carbocycles. The summed E-state index contributed by atoms with van der Waals surface area (Å²) in [5.41, 5.74) is -0.0177. The van der Waals surface area contributed by atoms with E-state index in [0.717, 1.165) is 0 Å². The van der Waals surface area contributed by atoms with Crippen molar-refractivity contribution in [3.63, 3.8) is 0 Å². The molecule has 0 atom stereocenters. The molecule has 0 aliphatic rings. The second-order valence-electron chi connectivity index (χ2n) is 3.98. The summed E-state index contributed by atoms with van der Waals surface area (Å²) in [6.07, 6.45) is 1.41. The van der Waals surface area contributed by atoms with Crippen LogP contribution >= 0.6 is 0 Å². The first-order valence-corrected chi connectivity index (χ1v) is 5.50. The minimum absolute atomic E-state index is 0.209. The van der Waals surface area contributed by atoms with Gasteiger partial charge in [0, 0.05) is 25.4 Å². The summed E-state index contributed by atoms with van der Waals surface area (Å²) in [4.78, 5) is 23.5. The van der Waals surface area contributed by atoms with E-state index in [1.54, 1.807) is 20.0 Å². The molecule has 0 aliphatic heterocycles. The van der Waals surface area contributed by atoms with Crippen LogP contribution in [0.1, 0.15) is 16.1 Å². The quantitative estimate of drug-likeness (QED) is 0.890. The number of nitrogens with one attached hydrogen (secondary N) is 1. The van der Waals surface area contributed by atoms with Crippen LogP contribution in [-0.4, -0.2) is 22.7 Å². The number of hydrogen-bond acceptors (Lipinski definition) is 5. The highest BCUT2D eigenvalue weighted by Crippen LogP contribution is 2.17. The van der Waals surface area contributed by atoms with E-state index >= 15 is 0 Å². The predicted molar refractivity (Wildman–Crippen MR) is 67.4 cm³/mol. The van der Waals surface area contributed by atoms with Crippen molar-refractivity contribution in [3.05, 3.63) is 40.0 Å². The monoisotopic (exact) mass is 263 g/mol. The number of aromatic nitrogens is 2. The molecule has 2 aromatic rings. The Kier molecular flexibility index (Phi) is 3.37. The van der Waals surface area contributed by atoms with Crippen molar-refractivity contribution in [3.8, 4) is 5.75 Å². The van der Waals surface area contributed by atoms with Crippen LogP contribution < -0.4 is 15.6 Å². The van der Waals surface area contributed by atoms with Crippen LogP contribution in [0.3, 0.4) is 0 Å². The number of carbonyl (C=O) groups is 1. The molecule has 0 aliphatic carbocycles. The normalized spacial score (nSPS) is 10.3. The van der Waals surface area contributed by atoms with Gasteiger partial charge >= 0.3 is 0 Å². The number of methoxy groups -OCH3 is 1. The molecule has 100 valence electrons. The number of hydrogen-bond donors (Lipinski definition) is 1. The lowest BCUT2D eigenvalue weighted by molar-refractivity contribution is 0.102. The van der Waals surface area contributed by atoms with Gasteiger partial charge in [0.2, 0.25) is 0 Å². The van der Waals surface area contributed by atoms with Crippen molar-refractivity contribution in [2.45, 2.75) is 6.92 Å². The van der Waals surface area contributed by atoms with E-state index in [-0.39, 0.29) is 16.9 Å². The number of nitrogens with zero attached hydrogens (tertiary/aromatic N) is 2. The SMILES string of the molecule is COc1cc(=O)n(C)cc1C(=O)Nc1cc(C)on1. The van der Waals surface area contributed by atoms with Crippen LogP contribution in [0.5, 0.6) is 5.75 Å². The highest BCUT2D eigenvalue weighted by molar-refractivity contribution is 6.05. The highest BCUT2D eigenvalue weighted by atomic mass is 16.5. The second-order valence-corrected chi connectivity index (χ2v) is 3.98. The van der Waals surface area contributed by atoms with Crippen LogP contribution in [0.25, 0.3) is 0 Å². The van der Waals surface area contributed by atoms with Crippen molar-refractivity contribution in [1.82, 2.24) is 9.72 Å². The van der Waals surface area contributed by atoms with E-state index in [0.29, 0.717) is 11.6 Å². The van der Waals surface area contributed by atoms with E-state index in [9.17, 15) is 9.59 Å². The molecular formula is C12H13N3O4. The van der Waals surface area contributed by atoms with Gasteiger partial charge in [-0.25, -0.2) is 0 Å². The fraction of sp³-hybridized carbons (Fsp3) is 0.250. The predicted octanol–water partition coefficient (Wildman–Crippen LogP) is 0.943. The van der Waals surface area contributed by atoms with Crippen LogP contribution in [0.4, 0.5) is 5.82 Å². The zero-order valence-electron chi connectivity index (χ0n) is 10.8. The summed E-state index contributed by atoms with van der Waals surface area (Å²) >= 11 is 0. The molecule has 0 aromatic carbocycles. The molecule has 2 aromatic heterocycles. The van der Waals surface area contributed by atoms with E-state index in [1.807, 2.05) is 0 Å². The number of aryl methyl sites for hydroxylation is 2. The molecule has 2 heterocycles. The number of pyridine rings is 1. The third kappa shape index (κ3) is 2.65. The number of ether oxygens (including phenoxy) is 1. The Bertz CT molecular complexity index is 672. The molecule has 19 heavy (non-hydrogen) atoms. The molecule has 0 radical (unpaired) electrons. The van der Waals surface area contributed by atoms with Gasteiger partial charge in [-0.05, 0) is 6.92 Å². The molecule has 0 spiro atoms. The summed E-state index contributed by atoms with van der Waals surface area (Å²) < 4.78 is 11.2. The van der Waals surface area contributed by atoms with E-state index in [2.05, 4.69) is 10.5 Å². The van der Waals surface area contributed by atoms with Gasteiger partial charge < -0.3 is 19.1 Å². The number of amides is 1. The summed E-state index contributed by atoms with van der Waals surface area (Å²) in [5, 5.41) is 6.22. The Balaban J connectivity index is 2.33. The molecule has 0 fully saturated rings. The Morgan fingerprint density at radius 3 is 2.79 bits per heavy atom. The molecule has 2 rings (SSSR count). The number of carbonyl (C=O) groups excluding carboxylic acids is 1. The minimum Gasteiger partial charge on any atom is -0.496 e. The lowest BCUT2D eigenvalue weighted by Gasteiger charge is -2.08. The van der Waals surface area contributed by atoms with Crippen LogP contribution in [0.15, 0.2) is 27.6 Å². The van der Waals surface area contributed by atoms with E-state index < -0.39 is 5.91 Å². The summed E-state index contributed by atoms with van der Waals surface area (Å²) in [6, 6.07) is 2.84. The zero-order chi connectivity index (χ0) is 14.0. The lowest BCUT2D eigenvalue weighted by Crippen LogP contribution is -2.21. The first-order chi connectivity index (χ1) is 9.01. The molecule has 0 unspecified atom stereocenters. The summed E-state index contributed by atoms with van der Waals surface area (Å²) in [5.74, 6) is 0.669. The van der Waals surface area contributed by atoms with E-state index in [4.69, 9.17) is 9.26 Å². The molecule has 0 bridgehead atoms. The van der Waals surface area contributed by atoms with Gasteiger partial charge in [0.1, 0.15) is 11.5 Å². The summed E-state index contributed by atoms with van der Waals surface area (Å²) in [7, 11) is 2.95.